The molecule has 3 heterocycles. The maximum Gasteiger partial charge on any atom is 0.328 e. The molecule has 1 unspecified atom stereocenters. The molecular weight excluding hydrogens is 611 g/mol. The molecule has 0 radical (unpaired) electrons. The highest BCUT2D eigenvalue weighted by atomic mass is 28.3. The molecule has 11 heteroatoms. The number of benzene rings is 2. The van der Waals surface area contributed by atoms with E-state index in [1.54, 1.807) is 18.2 Å². The number of esters is 1. The van der Waals surface area contributed by atoms with Crippen LogP contribution in [0.1, 0.15) is 66.6 Å². The van der Waals surface area contributed by atoms with Crippen molar-refractivity contribution in [3.63, 3.8) is 0 Å². The number of hydrogen-bond acceptors (Lipinski definition) is 6. The largest absolute Gasteiger partial charge is 0.545 e. The van der Waals surface area contributed by atoms with Crippen LogP contribution in [0.25, 0.3) is 5.57 Å². The predicted molar refractivity (Wildman–Crippen MR) is 168 cm³/mol. The van der Waals surface area contributed by atoms with Gasteiger partial charge in [0.05, 0.1) is 24.0 Å². The molecule has 1 aliphatic carbocycles. The van der Waals surface area contributed by atoms with Crippen molar-refractivity contribution in [3.8, 4) is 6.07 Å². The molecular formula is C35H34F3N3O4Si. The average Bonchev–Trinajstić information content (AvgIpc) is 2.91. The summed E-state index contributed by atoms with van der Waals surface area (Å²) in [5.74, 6) is -11.0. The van der Waals surface area contributed by atoms with Crippen molar-refractivity contribution in [2.45, 2.75) is 58.2 Å². The number of fused-ring (bicyclic) bond motifs is 2. The molecule has 0 amide bonds. The van der Waals surface area contributed by atoms with Crippen LogP contribution >= 0.6 is 0 Å². The summed E-state index contributed by atoms with van der Waals surface area (Å²) in [4.78, 5) is 27.8. The van der Waals surface area contributed by atoms with E-state index in [4.69, 9.17) is 4.74 Å². The number of hydrogen-bond donors (Lipinski definition) is 0. The lowest BCUT2D eigenvalue weighted by atomic mass is 9.83. The summed E-state index contributed by atoms with van der Waals surface area (Å²) < 4.78 is 56.0. The number of carboxylic acid groups (broad SMARTS) is 1. The van der Waals surface area contributed by atoms with Crippen molar-refractivity contribution in [2.24, 2.45) is 0 Å². The molecule has 3 aliphatic heterocycles. The molecule has 6 rings (SSSR count). The first-order chi connectivity index (χ1) is 21.7. The van der Waals surface area contributed by atoms with Gasteiger partial charge in [0.2, 0.25) is 0 Å². The lowest BCUT2D eigenvalue weighted by Crippen LogP contribution is -2.50. The second-order valence-corrected chi connectivity index (χ2v) is 18.0. The summed E-state index contributed by atoms with van der Waals surface area (Å²) in [6, 6.07) is 7.22. The summed E-state index contributed by atoms with van der Waals surface area (Å²) in [6.45, 7) is 12.4. The highest BCUT2D eigenvalue weighted by molar-refractivity contribution is 6.98. The van der Waals surface area contributed by atoms with Crippen LogP contribution in [0, 0.1) is 28.8 Å². The Hall–Kier alpha value is -4.43. The first-order valence-electron chi connectivity index (χ1n) is 15.4. The zero-order chi connectivity index (χ0) is 33.3. The summed E-state index contributed by atoms with van der Waals surface area (Å²) in [6.07, 6.45) is 7.77. The molecule has 4 aliphatic rings. The molecule has 0 spiro atoms. The third kappa shape index (κ3) is 4.99. The lowest BCUT2D eigenvalue weighted by Gasteiger charge is -2.40. The third-order valence-electron chi connectivity index (χ3n) is 9.20. The van der Waals surface area contributed by atoms with Crippen molar-refractivity contribution in [2.75, 3.05) is 31.1 Å². The van der Waals surface area contributed by atoms with E-state index in [-0.39, 0.29) is 5.57 Å². The van der Waals surface area contributed by atoms with Gasteiger partial charge in [-0.25, -0.2) is 17.7 Å². The minimum absolute atomic E-state index is 0.0415. The summed E-state index contributed by atoms with van der Waals surface area (Å²) >= 11 is 0. The van der Waals surface area contributed by atoms with Gasteiger partial charge in [-0.3, -0.25) is 4.79 Å². The van der Waals surface area contributed by atoms with Crippen molar-refractivity contribution < 1.29 is 37.2 Å². The number of carboxylic acids is 1. The number of carbonyl (C=O) groups excluding carboxylic acids is 2. The maximum atomic E-state index is 17.0. The normalized spacial score (nSPS) is 18.9. The standard InChI is InChI=1S/C35H34F3N3O4Si/c1-35(2,3)45-34(44)23(18-39)27-30(36)28(29(33(42)43)32(38)31(27)37)26-21-10-8-19(40-12-6-13-40)16-24(21)46(4,5)25-17-20(9-11-22(25)26)41-14-7-15-41/h8-11,16-17,23H,6-7,12-15H2,1-5H3. The second kappa shape index (κ2) is 11.1. The minimum atomic E-state index is -2.57. The predicted octanol–water partition coefficient (Wildman–Crippen LogP) is 4.25. The maximum absolute atomic E-state index is 17.0. The molecule has 0 aromatic heterocycles. The van der Waals surface area contributed by atoms with Gasteiger partial charge in [0.15, 0.2) is 23.3 Å². The van der Waals surface area contributed by atoms with E-state index in [0.29, 0.717) is 11.1 Å². The molecule has 2 fully saturated rings. The molecule has 2 saturated heterocycles. The monoisotopic (exact) mass is 645 g/mol. The van der Waals surface area contributed by atoms with E-state index in [1.807, 2.05) is 24.3 Å². The summed E-state index contributed by atoms with van der Waals surface area (Å²) in [7, 11) is -2.57. The van der Waals surface area contributed by atoms with Gasteiger partial charge in [-0.2, -0.15) is 5.26 Å². The number of nitrogens with zero attached hydrogens (tertiary/aromatic N) is 3. The number of anilines is 1. The molecule has 2 aromatic rings. The number of halogens is 3. The summed E-state index contributed by atoms with van der Waals surface area (Å²) in [5.41, 5.74) is -1.48. The van der Waals surface area contributed by atoms with Gasteiger partial charge >= 0.3 is 5.97 Å². The van der Waals surface area contributed by atoms with Gasteiger partial charge in [0, 0.05) is 42.1 Å². The average molecular weight is 646 g/mol. The quantitative estimate of drug-likeness (QED) is 0.209. The number of rotatable bonds is 5. The minimum Gasteiger partial charge on any atom is -0.545 e. The Morgan fingerprint density at radius 3 is 2.30 bits per heavy atom. The van der Waals surface area contributed by atoms with E-state index in [2.05, 4.69) is 22.6 Å². The zero-order valence-electron chi connectivity index (χ0n) is 26.4. The van der Waals surface area contributed by atoms with Crippen molar-refractivity contribution in [1.82, 2.24) is 0 Å². The Morgan fingerprint density at radius 1 is 1.07 bits per heavy atom. The fraction of sp³-hybridized carbons (Fsp3) is 0.371. The van der Waals surface area contributed by atoms with Crippen LogP contribution in [-0.2, 0) is 9.53 Å². The first kappa shape index (κ1) is 31.5. The highest BCUT2D eigenvalue weighted by Crippen LogP contribution is 2.46. The molecule has 238 valence electrons. The Morgan fingerprint density at radius 2 is 1.76 bits per heavy atom. The molecule has 46 heavy (non-hydrogen) atoms. The first-order valence-corrected chi connectivity index (χ1v) is 18.4. The topological polar surface area (TPSA) is 96.5 Å². The molecule has 0 saturated carbocycles. The number of ether oxygens (including phenoxy) is 1. The smallest absolute Gasteiger partial charge is 0.328 e. The van der Waals surface area contributed by atoms with Crippen LogP contribution in [0.2, 0.25) is 13.1 Å². The van der Waals surface area contributed by atoms with Gasteiger partial charge in [-0.15, -0.1) is 0 Å². The van der Waals surface area contributed by atoms with Gasteiger partial charge < -0.3 is 19.5 Å². The van der Waals surface area contributed by atoms with Crippen LogP contribution in [0.5, 0.6) is 0 Å². The number of carbonyl (C=O) groups is 2. The van der Waals surface area contributed by atoms with Crippen LogP contribution < -0.4 is 15.2 Å². The van der Waals surface area contributed by atoms with Crippen LogP contribution in [0.15, 0.2) is 47.2 Å². The van der Waals surface area contributed by atoms with Gasteiger partial charge in [-0.1, -0.05) is 19.2 Å². The zero-order valence-corrected chi connectivity index (χ0v) is 27.4. The van der Waals surface area contributed by atoms with E-state index in [1.165, 1.54) is 20.8 Å². The number of allylic oxidation sites excluding steroid dienone is 5. The summed E-state index contributed by atoms with van der Waals surface area (Å²) in [5, 5.41) is 24.2. The van der Waals surface area contributed by atoms with Crippen molar-refractivity contribution >= 4 is 42.2 Å². The fourth-order valence-corrected chi connectivity index (χ4v) is 9.66. The van der Waals surface area contributed by atoms with E-state index in [9.17, 15) is 20.0 Å². The molecule has 0 bridgehead atoms. The third-order valence-corrected chi connectivity index (χ3v) is 12.7. The van der Waals surface area contributed by atoms with Gasteiger partial charge in [0.25, 0.3) is 0 Å². The SMILES string of the molecule is CC(C)(C)OC(=O)C(C#N)c1c(F)c(F)c(C(=O)[O-])c(C2=C3C=CC(=[N+]4CCC4)C=C3[Si](C)(C)c3cc(N4CCC4)ccc32)c1F. The van der Waals surface area contributed by atoms with E-state index >= 15 is 13.2 Å². The Kier molecular flexibility index (Phi) is 7.63. The van der Waals surface area contributed by atoms with Crippen LogP contribution in [-0.4, -0.2) is 62.1 Å². The molecule has 7 nitrogen and oxygen atoms in total. The fourth-order valence-electron chi connectivity index (χ4n) is 6.59. The Balaban J connectivity index is 1.70. The Bertz CT molecular complexity index is 1890. The van der Waals surface area contributed by atoms with E-state index < -0.39 is 65.7 Å². The molecule has 2 aromatic carbocycles. The highest BCUT2D eigenvalue weighted by Gasteiger charge is 2.44. The number of nitriles is 1. The van der Waals surface area contributed by atoms with Crippen molar-refractivity contribution in [1.29, 1.82) is 5.26 Å². The van der Waals surface area contributed by atoms with Crippen LogP contribution in [0.3, 0.4) is 0 Å². The number of aromatic carboxylic acids is 1. The molecule has 1 atom stereocenters. The van der Waals surface area contributed by atoms with Crippen LogP contribution in [0.4, 0.5) is 18.9 Å². The lowest BCUT2D eigenvalue weighted by molar-refractivity contribution is -0.582. The second-order valence-electron chi connectivity index (χ2n) is 13.6. The van der Waals surface area contributed by atoms with E-state index in [0.717, 1.165) is 60.8 Å². The van der Waals surface area contributed by atoms with Gasteiger partial charge in [-0.05, 0) is 72.5 Å². The van der Waals surface area contributed by atoms with Gasteiger partial charge in [0.1, 0.15) is 32.6 Å². The Labute approximate surface area is 266 Å². The molecule has 0 N–H and O–H groups in total. The van der Waals surface area contributed by atoms with Crippen molar-refractivity contribution in [3.05, 3.63) is 86.9 Å².